The number of ether oxygens (including phenoxy) is 4. The van der Waals surface area contributed by atoms with Gasteiger partial charge in [0.05, 0.1) is 0 Å². The highest BCUT2D eigenvalue weighted by molar-refractivity contribution is 5.67. The van der Waals surface area contributed by atoms with E-state index in [9.17, 15) is 18.8 Å². The Bertz CT molecular complexity index is 384. The molecule has 0 radical (unpaired) electrons. The minimum Gasteiger partial charge on any atom is -0.463 e. The normalized spacial score (nSPS) is 29.4. The van der Waals surface area contributed by atoms with Crippen LogP contribution in [0.2, 0.25) is 0 Å². The molecule has 0 aromatic rings. The van der Waals surface area contributed by atoms with Crippen molar-refractivity contribution in [1.82, 2.24) is 0 Å². The summed E-state index contributed by atoms with van der Waals surface area (Å²) >= 11 is 0. The van der Waals surface area contributed by atoms with E-state index in [1.807, 2.05) is 0 Å². The minimum absolute atomic E-state index is 0.205. The highest BCUT2D eigenvalue weighted by Gasteiger charge is 2.42. The van der Waals surface area contributed by atoms with Crippen molar-refractivity contribution in [3.63, 3.8) is 0 Å². The number of esters is 3. The first-order chi connectivity index (χ1) is 9.29. The molecule has 0 N–H and O–H groups in total. The molecule has 7 nitrogen and oxygen atoms in total. The summed E-state index contributed by atoms with van der Waals surface area (Å²) in [6, 6.07) is 0. The third kappa shape index (κ3) is 5.12. The zero-order chi connectivity index (χ0) is 15.3. The zero-order valence-electron chi connectivity index (χ0n) is 11.5. The van der Waals surface area contributed by atoms with Gasteiger partial charge in [-0.2, -0.15) is 0 Å². The summed E-state index contributed by atoms with van der Waals surface area (Å²) in [5.41, 5.74) is 0. The zero-order valence-corrected chi connectivity index (χ0v) is 11.5. The van der Waals surface area contributed by atoms with Crippen LogP contribution < -0.4 is 0 Å². The van der Waals surface area contributed by atoms with Crippen molar-refractivity contribution in [2.45, 2.75) is 51.9 Å². The van der Waals surface area contributed by atoms with Crippen molar-refractivity contribution in [1.29, 1.82) is 0 Å². The van der Waals surface area contributed by atoms with Crippen LogP contribution in [0.25, 0.3) is 0 Å². The van der Waals surface area contributed by atoms with Crippen LogP contribution in [0, 0.1) is 0 Å². The number of hydrogen-bond acceptors (Lipinski definition) is 7. The Morgan fingerprint density at radius 3 is 2.20 bits per heavy atom. The number of carbonyl (C=O) groups is 3. The van der Waals surface area contributed by atoms with Gasteiger partial charge in [0.2, 0.25) is 6.29 Å². The van der Waals surface area contributed by atoms with Crippen molar-refractivity contribution in [2.24, 2.45) is 0 Å². The lowest BCUT2D eigenvalue weighted by Gasteiger charge is -2.36. The maximum absolute atomic E-state index is 13.8. The van der Waals surface area contributed by atoms with Gasteiger partial charge in [-0.15, -0.1) is 0 Å². The van der Waals surface area contributed by atoms with E-state index in [-0.39, 0.29) is 13.0 Å². The van der Waals surface area contributed by atoms with E-state index >= 15 is 0 Å². The smallest absolute Gasteiger partial charge is 0.305 e. The molecule has 0 unspecified atom stereocenters. The average Bonchev–Trinajstić information content (AvgIpc) is 2.29. The van der Waals surface area contributed by atoms with E-state index in [0.717, 1.165) is 6.92 Å². The first-order valence-corrected chi connectivity index (χ1v) is 6.07. The Labute approximate surface area is 115 Å². The molecule has 0 spiro atoms. The highest BCUT2D eigenvalue weighted by Crippen LogP contribution is 2.26. The van der Waals surface area contributed by atoms with E-state index in [2.05, 4.69) is 4.74 Å². The van der Waals surface area contributed by atoms with Crippen LogP contribution in [-0.4, -0.2) is 49.2 Å². The third-order valence-corrected chi connectivity index (χ3v) is 2.53. The molecule has 0 aromatic carbocycles. The summed E-state index contributed by atoms with van der Waals surface area (Å²) < 4.78 is 33.3. The van der Waals surface area contributed by atoms with Crippen LogP contribution in [-0.2, 0) is 33.3 Å². The van der Waals surface area contributed by atoms with E-state index in [1.54, 1.807) is 0 Å². The number of carbonyl (C=O) groups excluding carboxylic acids is 3. The van der Waals surface area contributed by atoms with Crippen LogP contribution in [0.15, 0.2) is 0 Å². The monoisotopic (exact) mass is 292 g/mol. The topological polar surface area (TPSA) is 88.1 Å². The van der Waals surface area contributed by atoms with E-state index < -0.39 is 42.6 Å². The summed E-state index contributed by atoms with van der Waals surface area (Å²) in [7, 11) is 0. The highest BCUT2D eigenvalue weighted by atomic mass is 19.1. The van der Waals surface area contributed by atoms with Gasteiger partial charge < -0.3 is 18.9 Å². The molecule has 1 heterocycles. The SMILES string of the molecule is CC(=O)OC[C@H]1O[C@H](OC(C)=O)[C@H](F)C[C@@H]1OC(C)=O. The van der Waals surface area contributed by atoms with E-state index in [4.69, 9.17) is 14.2 Å². The molecule has 0 bridgehead atoms. The second-order valence-electron chi connectivity index (χ2n) is 4.35. The number of hydrogen-bond donors (Lipinski definition) is 0. The first-order valence-electron chi connectivity index (χ1n) is 6.07. The van der Waals surface area contributed by atoms with Crippen LogP contribution in [0.1, 0.15) is 27.2 Å². The van der Waals surface area contributed by atoms with Crippen molar-refractivity contribution in [3.05, 3.63) is 0 Å². The molecule has 0 aliphatic carbocycles. The molecule has 1 aliphatic rings. The standard InChI is InChI=1S/C12H17FO7/c1-6(14)17-5-11-10(18-7(2)15)4-9(13)12(20-11)19-8(3)16/h9-12H,4-5H2,1-3H3/t9-,10+,11-,12+/m1/s1. The maximum atomic E-state index is 13.8. The number of halogens is 1. The Balaban J connectivity index is 2.71. The van der Waals surface area contributed by atoms with Gasteiger partial charge in [-0.25, -0.2) is 4.39 Å². The van der Waals surface area contributed by atoms with Crippen molar-refractivity contribution >= 4 is 17.9 Å². The van der Waals surface area contributed by atoms with Crippen LogP contribution in [0.5, 0.6) is 0 Å². The van der Waals surface area contributed by atoms with Gasteiger partial charge in [0.1, 0.15) is 18.8 Å². The summed E-state index contributed by atoms with van der Waals surface area (Å²) in [6.07, 6.45) is -5.03. The Morgan fingerprint density at radius 2 is 1.70 bits per heavy atom. The number of alkyl halides is 1. The second-order valence-corrected chi connectivity index (χ2v) is 4.35. The maximum Gasteiger partial charge on any atom is 0.305 e. The summed E-state index contributed by atoms with van der Waals surface area (Å²) in [4.78, 5) is 32.6. The summed E-state index contributed by atoms with van der Waals surface area (Å²) in [5, 5.41) is 0. The quantitative estimate of drug-likeness (QED) is 0.550. The number of rotatable bonds is 4. The van der Waals surface area contributed by atoms with Gasteiger partial charge in [-0.3, -0.25) is 14.4 Å². The van der Waals surface area contributed by atoms with Gasteiger partial charge in [-0.05, 0) is 0 Å². The van der Waals surface area contributed by atoms with Crippen molar-refractivity contribution in [3.8, 4) is 0 Å². The Kier molecular flexibility index (Phi) is 5.87. The minimum atomic E-state index is -1.63. The fraction of sp³-hybridized carbons (Fsp3) is 0.750. The Morgan fingerprint density at radius 1 is 1.10 bits per heavy atom. The molecule has 0 saturated carbocycles. The third-order valence-electron chi connectivity index (χ3n) is 2.53. The first kappa shape index (κ1) is 16.4. The molecule has 8 heteroatoms. The lowest BCUT2D eigenvalue weighted by Crippen LogP contribution is -2.50. The van der Waals surface area contributed by atoms with Gasteiger partial charge in [0.15, 0.2) is 6.17 Å². The van der Waals surface area contributed by atoms with Crippen LogP contribution >= 0.6 is 0 Å². The predicted molar refractivity (Wildman–Crippen MR) is 62.1 cm³/mol. The van der Waals surface area contributed by atoms with Gasteiger partial charge in [-0.1, -0.05) is 0 Å². The summed E-state index contributed by atoms with van der Waals surface area (Å²) in [5.74, 6) is -1.86. The molecule has 114 valence electrons. The van der Waals surface area contributed by atoms with Gasteiger partial charge in [0.25, 0.3) is 0 Å². The van der Waals surface area contributed by atoms with Crippen molar-refractivity contribution in [2.75, 3.05) is 6.61 Å². The molecule has 0 amide bonds. The van der Waals surface area contributed by atoms with Gasteiger partial charge >= 0.3 is 17.9 Å². The van der Waals surface area contributed by atoms with Gasteiger partial charge in [0, 0.05) is 27.2 Å². The molecule has 0 aromatic heterocycles. The lowest BCUT2D eigenvalue weighted by atomic mass is 10.0. The molecule has 1 rings (SSSR count). The lowest BCUT2D eigenvalue weighted by molar-refractivity contribution is -0.254. The molecule has 1 saturated heterocycles. The second kappa shape index (κ2) is 7.18. The van der Waals surface area contributed by atoms with E-state index in [1.165, 1.54) is 13.8 Å². The largest absolute Gasteiger partial charge is 0.463 e. The fourth-order valence-electron chi connectivity index (χ4n) is 1.78. The molecule has 20 heavy (non-hydrogen) atoms. The molecular formula is C12H17FO7. The van der Waals surface area contributed by atoms with Crippen LogP contribution in [0.3, 0.4) is 0 Å². The molecule has 1 fully saturated rings. The Hall–Kier alpha value is -1.70. The summed E-state index contributed by atoms with van der Waals surface area (Å²) in [6.45, 7) is 3.27. The van der Waals surface area contributed by atoms with Crippen molar-refractivity contribution < 1.29 is 37.7 Å². The molecule has 1 aliphatic heterocycles. The average molecular weight is 292 g/mol. The molecular weight excluding hydrogens is 275 g/mol. The molecule has 4 atom stereocenters. The predicted octanol–water partition coefficient (Wildman–Crippen LogP) is 0.497. The van der Waals surface area contributed by atoms with E-state index in [0.29, 0.717) is 0 Å². The van der Waals surface area contributed by atoms with Crippen LogP contribution in [0.4, 0.5) is 4.39 Å². The fourth-order valence-corrected chi connectivity index (χ4v) is 1.78.